The van der Waals surface area contributed by atoms with Crippen LogP contribution in [-0.4, -0.2) is 26.8 Å². The van der Waals surface area contributed by atoms with Crippen LogP contribution < -0.4 is 26.1 Å². The van der Waals surface area contributed by atoms with Crippen LogP contribution in [0.3, 0.4) is 0 Å². The molecule has 0 spiro atoms. The number of nitrogens with two attached hydrogens (primary N) is 1. The average molecular weight is 267 g/mol. The van der Waals surface area contributed by atoms with Crippen LogP contribution in [0.1, 0.15) is 16.7 Å². The summed E-state index contributed by atoms with van der Waals surface area (Å²) in [4.78, 5) is 11.0. The van der Waals surface area contributed by atoms with Crippen molar-refractivity contribution < 1.29 is 14.3 Å². The molecule has 0 saturated heterocycles. The van der Waals surface area contributed by atoms with Crippen molar-refractivity contribution in [1.29, 1.82) is 0 Å². The second-order valence-corrected chi connectivity index (χ2v) is 4.17. The number of hydrogen-bond donors (Lipinski definition) is 3. The van der Waals surface area contributed by atoms with Gasteiger partial charge in [0.2, 0.25) is 0 Å². The maximum absolute atomic E-state index is 11.0. The molecule has 0 saturated carbocycles. The van der Waals surface area contributed by atoms with Crippen LogP contribution in [0.5, 0.6) is 11.5 Å². The number of carbonyl (C=O) groups excluding carboxylic acids is 1. The van der Waals surface area contributed by atoms with Crippen LogP contribution in [0.15, 0.2) is 6.07 Å². The Kier molecular flexibility index (Phi) is 5.44. The van der Waals surface area contributed by atoms with E-state index in [-0.39, 0.29) is 0 Å². The van der Waals surface area contributed by atoms with E-state index >= 15 is 0 Å². The fraction of sp³-hybridized carbons (Fsp3) is 0.462. The normalized spacial score (nSPS) is 9.95. The molecule has 0 atom stereocenters. The second-order valence-electron chi connectivity index (χ2n) is 4.17. The first-order valence-electron chi connectivity index (χ1n) is 6.00. The van der Waals surface area contributed by atoms with Gasteiger partial charge in [0, 0.05) is 6.54 Å². The molecule has 1 aromatic rings. The van der Waals surface area contributed by atoms with Crippen molar-refractivity contribution >= 4 is 6.03 Å². The number of nitrogens with one attached hydrogen (secondary N) is 2. The van der Waals surface area contributed by atoms with Crippen LogP contribution in [-0.2, 0) is 6.42 Å². The maximum atomic E-state index is 11.0. The largest absolute Gasteiger partial charge is 0.496 e. The predicted molar refractivity (Wildman–Crippen MR) is 73.4 cm³/mol. The summed E-state index contributed by atoms with van der Waals surface area (Å²) in [5.74, 6) is 6.63. The van der Waals surface area contributed by atoms with E-state index < -0.39 is 6.03 Å². The Balaban J connectivity index is 2.92. The molecule has 0 radical (unpaired) electrons. The monoisotopic (exact) mass is 267 g/mol. The lowest BCUT2D eigenvalue weighted by Gasteiger charge is -2.17. The fourth-order valence-electron chi connectivity index (χ4n) is 1.97. The number of amides is 2. The first kappa shape index (κ1) is 15.1. The van der Waals surface area contributed by atoms with Crippen LogP contribution in [0.4, 0.5) is 4.79 Å². The molecule has 6 nitrogen and oxygen atoms in total. The van der Waals surface area contributed by atoms with Crippen molar-refractivity contribution in [2.24, 2.45) is 5.84 Å². The lowest BCUT2D eigenvalue weighted by atomic mass is 10.0. The smallest absolute Gasteiger partial charge is 0.328 e. The highest BCUT2D eigenvalue weighted by Crippen LogP contribution is 2.33. The number of urea groups is 1. The van der Waals surface area contributed by atoms with Crippen molar-refractivity contribution in [2.75, 3.05) is 20.8 Å². The third-order valence-electron chi connectivity index (χ3n) is 3.10. The summed E-state index contributed by atoms with van der Waals surface area (Å²) in [6.45, 7) is 4.44. The number of carbonyl (C=O) groups is 1. The van der Waals surface area contributed by atoms with E-state index in [4.69, 9.17) is 15.3 Å². The zero-order valence-electron chi connectivity index (χ0n) is 11.8. The van der Waals surface area contributed by atoms with Crippen LogP contribution >= 0.6 is 0 Å². The molecule has 6 heteroatoms. The molecule has 4 N–H and O–H groups in total. The highest BCUT2D eigenvalue weighted by Gasteiger charge is 2.13. The van der Waals surface area contributed by atoms with Crippen molar-refractivity contribution in [2.45, 2.75) is 20.3 Å². The summed E-state index contributed by atoms with van der Waals surface area (Å²) in [6, 6.07) is 1.53. The molecule has 0 heterocycles. The molecular formula is C13H21N3O3. The van der Waals surface area contributed by atoms with Crippen LogP contribution in [0, 0.1) is 13.8 Å². The summed E-state index contributed by atoms with van der Waals surface area (Å²) >= 11 is 0. The van der Waals surface area contributed by atoms with Gasteiger partial charge in [-0.25, -0.2) is 10.6 Å². The van der Waals surface area contributed by atoms with Gasteiger partial charge in [-0.2, -0.15) is 0 Å². The first-order chi connectivity index (χ1) is 9.04. The molecule has 19 heavy (non-hydrogen) atoms. The molecule has 1 aromatic carbocycles. The summed E-state index contributed by atoms with van der Waals surface area (Å²) in [5, 5.41) is 2.63. The second kappa shape index (κ2) is 6.84. The average Bonchev–Trinajstić information content (AvgIpc) is 2.42. The number of methoxy groups -OCH3 is 2. The highest BCUT2D eigenvalue weighted by atomic mass is 16.5. The fourth-order valence-corrected chi connectivity index (χ4v) is 1.97. The Labute approximate surface area is 113 Å². The zero-order valence-corrected chi connectivity index (χ0v) is 11.8. The molecule has 0 aliphatic rings. The quantitative estimate of drug-likeness (QED) is 0.422. The van der Waals surface area contributed by atoms with Gasteiger partial charge in [0.1, 0.15) is 11.5 Å². The van der Waals surface area contributed by atoms with Gasteiger partial charge in [-0.1, -0.05) is 0 Å². The van der Waals surface area contributed by atoms with E-state index in [0.29, 0.717) is 13.0 Å². The summed E-state index contributed by atoms with van der Waals surface area (Å²) < 4.78 is 10.8. The Morgan fingerprint density at radius 3 is 2.47 bits per heavy atom. The molecule has 0 aromatic heterocycles. The number of hydrogen-bond acceptors (Lipinski definition) is 4. The molecule has 1 rings (SSSR count). The van der Waals surface area contributed by atoms with E-state index in [2.05, 4.69) is 5.32 Å². The Hall–Kier alpha value is -1.95. The molecule has 106 valence electrons. The van der Waals surface area contributed by atoms with Crippen molar-refractivity contribution in [3.8, 4) is 11.5 Å². The highest BCUT2D eigenvalue weighted by molar-refractivity contribution is 5.73. The third kappa shape index (κ3) is 3.51. The van der Waals surface area contributed by atoms with Crippen LogP contribution in [0.25, 0.3) is 0 Å². The molecule has 0 fully saturated rings. The van der Waals surface area contributed by atoms with Crippen LogP contribution in [0.2, 0.25) is 0 Å². The van der Waals surface area contributed by atoms with E-state index in [0.717, 1.165) is 28.2 Å². The number of benzene rings is 1. The number of ether oxygens (including phenoxy) is 2. The molecule has 0 aliphatic heterocycles. The first-order valence-corrected chi connectivity index (χ1v) is 6.00. The van der Waals surface area contributed by atoms with E-state index in [1.165, 1.54) is 0 Å². The van der Waals surface area contributed by atoms with Crippen molar-refractivity contribution in [1.82, 2.24) is 10.7 Å². The van der Waals surface area contributed by atoms with Gasteiger partial charge in [-0.15, -0.1) is 0 Å². The van der Waals surface area contributed by atoms with Gasteiger partial charge < -0.3 is 14.8 Å². The van der Waals surface area contributed by atoms with Crippen molar-refractivity contribution in [3.05, 3.63) is 22.8 Å². The van der Waals surface area contributed by atoms with E-state index in [1.807, 2.05) is 25.3 Å². The predicted octanol–water partition coefficient (Wildman–Crippen LogP) is 1.04. The Morgan fingerprint density at radius 1 is 1.26 bits per heavy atom. The lowest BCUT2D eigenvalue weighted by molar-refractivity contribution is 0.241. The minimum Gasteiger partial charge on any atom is -0.496 e. The SMILES string of the molecule is COc1cc(CCNC(=O)NN)c(OC)c(C)c1C. The Bertz CT molecular complexity index is 461. The van der Waals surface area contributed by atoms with Gasteiger partial charge in [-0.05, 0) is 43.0 Å². The minimum absolute atomic E-state index is 0.408. The lowest BCUT2D eigenvalue weighted by Crippen LogP contribution is -2.40. The zero-order chi connectivity index (χ0) is 14.4. The van der Waals surface area contributed by atoms with Gasteiger partial charge in [0.25, 0.3) is 0 Å². The van der Waals surface area contributed by atoms with Gasteiger partial charge >= 0.3 is 6.03 Å². The third-order valence-corrected chi connectivity index (χ3v) is 3.10. The number of rotatable bonds is 5. The standard InChI is InChI=1S/C13H21N3O3/c1-8-9(2)12(19-4)10(7-11(8)18-3)5-6-15-13(17)16-14/h7H,5-6,14H2,1-4H3,(H2,15,16,17). The molecule has 2 amide bonds. The topological polar surface area (TPSA) is 85.6 Å². The molecule has 0 aliphatic carbocycles. The van der Waals surface area contributed by atoms with Gasteiger partial charge in [0.15, 0.2) is 0 Å². The molecule has 0 bridgehead atoms. The van der Waals surface area contributed by atoms with E-state index in [1.54, 1.807) is 14.2 Å². The minimum atomic E-state index is -0.408. The van der Waals surface area contributed by atoms with Gasteiger partial charge in [-0.3, -0.25) is 5.43 Å². The van der Waals surface area contributed by atoms with E-state index in [9.17, 15) is 4.79 Å². The maximum Gasteiger partial charge on any atom is 0.328 e. The van der Waals surface area contributed by atoms with Crippen molar-refractivity contribution in [3.63, 3.8) is 0 Å². The van der Waals surface area contributed by atoms with Gasteiger partial charge in [0.05, 0.1) is 14.2 Å². The summed E-state index contributed by atoms with van der Waals surface area (Å²) in [5.41, 5.74) is 5.10. The molecular weight excluding hydrogens is 246 g/mol. The summed E-state index contributed by atoms with van der Waals surface area (Å²) in [6.07, 6.45) is 0.633. The number of hydrazine groups is 1. The molecule has 0 unspecified atom stereocenters. The summed E-state index contributed by atoms with van der Waals surface area (Å²) in [7, 11) is 3.27. The Morgan fingerprint density at radius 2 is 1.95 bits per heavy atom.